The molecule has 9 nitrogen and oxygen atoms in total. The van der Waals surface area contributed by atoms with Crippen LogP contribution >= 0.6 is 0 Å². The van der Waals surface area contributed by atoms with Crippen LogP contribution in [0.15, 0.2) is 50.8 Å². The Morgan fingerprint density at radius 1 is 1.29 bits per heavy atom. The highest BCUT2D eigenvalue weighted by Crippen LogP contribution is 2.31. The Hall–Kier alpha value is -3.48. The topological polar surface area (TPSA) is 139 Å². The standard InChI is InChI=1S/C21H22F3N5O4S/c1-12(13-3-5-15(6-4-13)21(22,23)24)7-18(30)17-8-19(31)28-20(27-17)29-10-14(16(25)11-29)9-26-34(2,32)33/h3-6,8-9,12H,7,10-11,25H2,1-2H3,(H,27,28,31)/t12-/m0/s1. The van der Waals surface area contributed by atoms with Crippen molar-refractivity contribution in [2.24, 2.45) is 10.1 Å². The molecule has 1 aliphatic heterocycles. The lowest BCUT2D eigenvalue weighted by molar-refractivity contribution is -0.137. The van der Waals surface area contributed by atoms with Crippen molar-refractivity contribution in [1.82, 2.24) is 9.97 Å². The molecule has 2 heterocycles. The summed E-state index contributed by atoms with van der Waals surface area (Å²) in [5.74, 6) is -0.801. The number of nitrogens with two attached hydrogens (primary N) is 1. The van der Waals surface area contributed by atoms with Crippen LogP contribution in [0.5, 0.6) is 0 Å². The van der Waals surface area contributed by atoms with Gasteiger partial charge in [-0.25, -0.2) is 13.4 Å². The lowest BCUT2D eigenvalue weighted by Gasteiger charge is -2.17. The van der Waals surface area contributed by atoms with E-state index in [0.29, 0.717) is 16.8 Å². The van der Waals surface area contributed by atoms with Crippen LogP contribution < -0.4 is 16.2 Å². The molecule has 34 heavy (non-hydrogen) atoms. The summed E-state index contributed by atoms with van der Waals surface area (Å²) in [6, 6.07) is 5.58. The highest BCUT2D eigenvalue weighted by atomic mass is 32.2. The van der Waals surface area contributed by atoms with Gasteiger partial charge in [-0.1, -0.05) is 19.1 Å². The van der Waals surface area contributed by atoms with Gasteiger partial charge >= 0.3 is 6.18 Å². The van der Waals surface area contributed by atoms with Gasteiger partial charge in [0.25, 0.3) is 5.56 Å². The molecule has 1 atom stereocenters. The quantitative estimate of drug-likeness (QED) is 0.442. The van der Waals surface area contributed by atoms with E-state index < -0.39 is 39.0 Å². The highest BCUT2D eigenvalue weighted by molar-refractivity contribution is 7.89. The van der Waals surface area contributed by atoms with Crippen LogP contribution in [0.4, 0.5) is 19.1 Å². The number of carbonyl (C=O) groups excluding carboxylic acids is 1. The van der Waals surface area contributed by atoms with Crippen molar-refractivity contribution in [1.29, 1.82) is 0 Å². The molecule has 13 heteroatoms. The summed E-state index contributed by atoms with van der Waals surface area (Å²) >= 11 is 0. The van der Waals surface area contributed by atoms with Crippen LogP contribution in [0, 0.1) is 0 Å². The first-order chi connectivity index (χ1) is 15.7. The van der Waals surface area contributed by atoms with E-state index in [2.05, 4.69) is 14.4 Å². The molecule has 0 fully saturated rings. The van der Waals surface area contributed by atoms with E-state index in [1.165, 1.54) is 12.1 Å². The first-order valence-corrected chi connectivity index (χ1v) is 11.9. The van der Waals surface area contributed by atoms with Gasteiger partial charge in [0.2, 0.25) is 16.0 Å². The van der Waals surface area contributed by atoms with Gasteiger partial charge in [0.15, 0.2) is 5.78 Å². The molecule has 0 amide bonds. The Bertz CT molecular complexity index is 1320. The van der Waals surface area contributed by atoms with Crippen molar-refractivity contribution in [2.45, 2.75) is 25.4 Å². The number of H-pyrrole nitrogens is 1. The molecule has 0 unspecified atom stereocenters. The molecule has 0 radical (unpaired) electrons. The molecule has 3 N–H and O–H groups in total. The van der Waals surface area contributed by atoms with Crippen molar-refractivity contribution in [3.63, 3.8) is 0 Å². The second-order valence-electron chi connectivity index (χ2n) is 7.98. The highest BCUT2D eigenvalue weighted by Gasteiger charge is 2.30. The average molecular weight is 497 g/mol. The molecule has 0 spiro atoms. The Balaban J connectivity index is 1.74. The van der Waals surface area contributed by atoms with Gasteiger partial charge in [-0.05, 0) is 23.6 Å². The first kappa shape index (κ1) is 25.1. The molecule has 0 saturated heterocycles. The summed E-state index contributed by atoms with van der Waals surface area (Å²) in [5.41, 5.74) is 5.78. The number of benzene rings is 1. The Morgan fingerprint density at radius 2 is 1.94 bits per heavy atom. The minimum absolute atomic E-state index is 0.0729. The minimum atomic E-state index is -4.45. The molecule has 1 aromatic carbocycles. The van der Waals surface area contributed by atoms with E-state index in [9.17, 15) is 31.2 Å². The predicted molar refractivity (Wildman–Crippen MR) is 120 cm³/mol. The zero-order chi connectivity index (χ0) is 25.3. The van der Waals surface area contributed by atoms with E-state index in [4.69, 9.17) is 5.73 Å². The molecular formula is C21H22F3N5O4S. The second-order valence-corrected chi connectivity index (χ2v) is 9.65. The van der Waals surface area contributed by atoms with Crippen LogP contribution in [-0.2, 0) is 16.2 Å². The number of rotatable bonds is 7. The number of nitrogens with one attached hydrogen (secondary N) is 1. The lowest BCUT2D eigenvalue weighted by atomic mass is 9.94. The maximum atomic E-state index is 12.8. The summed E-state index contributed by atoms with van der Waals surface area (Å²) in [4.78, 5) is 33.2. The first-order valence-electron chi connectivity index (χ1n) is 10.0. The van der Waals surface area contributed by atoms with E-state index in [1.54, 1.807) is 11.8 Å². The molecule has 182 valence electrons. The number of ketones is 1. The van der Waals surface area contributed by atoms with E-state index >= 15 is 0 Å². The number of nitrogens with zero attached hydrogens (tertiary/aromatic N) is 3. The minimum Gasteiger partial charge on any atom is -0.400 e. The number of sulfonamides is 1. The molecule has 1 aliphatic rings. The predicted octanol–water partition coefficient (Wildman–Crippen LogP) is 2.23. The molecular weight excluding hydrogens is 475 g/mol. The Kier molecular flexibility index (Phi) is 6.96. The fourth-order valence-electron chi connectivity index (χ4n) is 3.34. The molecule has 3 rings (SSSR count). The number of aromatic amines is 1. The van der Waals surface area contributed by atoms with Crippen molar-refractivity contribution in [3.8, 4) is 0 Å². The van der Waals surface area contributed by atoms with Crippen LogP contribution in [0.3, 0.4) is 0 Å². The molecule has 0 aliphatic carbocycles. The average Bonchev–Trinajstić information content (AvgIpc) is 3.11. The number of alkyl halides is 3. The maximum absolute atomic E-state index is 12.8. The maximum Gasteiger partial charge on any atom is 0.416 e. The van der Waals surface area contributed by atoms with E-state index in [1.807, 2.05) is 0 Å². The summed E-state index contributed by atoms with van der Waals surface area (Å²) in [5, 5.41) is 0. The van der Waals surface area contributed by atoms with Gasteiger partial charge in [-0.3, -0.25) is 14.6 Å². The smallest absolute Gasteiger partial charge is 0.400 e. The number of halogens is 3. The summed E-state index contributed by atoms with van der Waals surface area (Å²) < 4.78 is 64.2. The van der Waals surface area contributed by atoms with Gasteiger partial charge in [0.1, 0.15) is 5.69 Å². The summed E-state index contributed by atoms with van der Waals surface area (Å²) in [7, 11) is -3.60. The van der Waals surface area contributed by atoms with Gasteiger partial charge in [0, 0.05) is 36.5 Å². The van der Waals surface area contributed by atoms with Crippen LogP contribution in [0.25, 0.3) is 0 Å². The Labute approximate surface area is 193 Å². The Morgan fingerprint density at radius 3 is 2.53 bits per heavy atom. The summed E-state index contributed by atoms with van der Waals surface area (Å²) in [6.07, 6.45) is -2.46. The van der Waals surface area contributed by atoms with E-state index in [-0.39, 0.29) is 31.2 Å². The number of Topliss-reactive ketones (excluding diaryl/α,β-unsaturated/α-hetero) is 1. The van der Waals surface area contributed by atoms with Crippen LogP contribution in [0.1, 0.15) is 40.9 Å². The number of hydrogen-bond acceptors (Lipinski definition) is 7. The lowest BCUT2D eigenvalue weighted by Crippen LogP contribution is -2.28. The van der Waals surface area contributed by atoms with Crippen molar-refractivity contribution < 1.29 is 26.4 Å². The summed E-state index contributed by atoms with van der Waals surface area (Å²) in [6.45, 7) is 1.94. The third-order valence-corrected chi connectivity index (χ3v) is 5.64. The van der Waals surface area contributed by atoms with E-state index in [0.717, 1.165) is 30.7 Å². The third-order valence-electron chi connectivity index (χ3n) is 5.15. The number of carbonyl (C=O) groups is 1. The normalized spacial score (nSPS) is 15.9. The SMILES string of the molecule is C[C@@H](CC(=O)c1cc(=O)[nH]c(N2CC(N)=C(C=NS(C)(=O)=O)C2)n1)c1ccc(C(F)(F)F)cc1. The van der Waals surface area contributed by atoms with Gasteiger partial charge in [-0.2, -0.15) is 17.6 Å². The van der Waals surface area contributed by atoms with Gasteiger partial charge in [0.05, 0.1) is 18.4 Å². The largest absolute Gasteiger partial charge is 0.416 e. The number of aromatic nitrogens is 2. The molecule has 2 aromatic rings. The third kappa shape index (κ3) is 6.31. The second kappa shape index (κ2) is 9.41. The van der Waals surface area contributed by atoms with Crippen molar-refractivity contribution in [3.05, 3.63) is 68.8 Å². The van der Waals surface area contributed by atoms with Crippen molar-refractivity contribution >= 4 is 28.0 Å². The fourth-order valence-corrected chi connectivity index (χ4v) is 3.66. The van der Waals surface area contributed by atoms with Gasteiger partial charge in [-0.15, -0.1) is 0 Å². The molecule has 1 aromatic heterocycles. The number of anilines is 1. The number of hydrogen-bond donors (Lipinski definition) is 2. The zero-order valence-corrected chi connectivity index (χ0v) is 19.1. The van der Waals surface area contributed by atoms with Crippen molar-refractivity contribution in [2.75, 3.05) is 24.2 Å². The van der Waals surface area contributed by atoms with Gasteiger partial charge < -0.3 is 10.6 Å². The van der Waals surface area contributed by atoms with Crippen LogP contribution in [-0.4, -0.2) is 49.7 Å². The molecule has 0 bridgehead atoms. The van der Waals surface area contributed by atoms with Crippen LogP contribution in [0.2, 0.25) is 0 Å². The monoisotopic (exact) mass is 497 g/mol. The fraction of sp³-hybridized carbons (Fsp3) is 0.333. The molecule has 0 saturated carbocycles. The zero-order valence-electron chi connectivity index (χ0n) is 18.3.